The van der Waals surface area contributed by atoms with Crippen LogP contribution >= 0.6 is 12.2 Å². The number of alkyl halides is 3. The third-order valence-electron chi connectivity index (χ3n) is 6.79. The molecule has 0 unspecified atom stereocenters. The number of halogens is 3. The molecule has 4 heterocycles. The summed E-state index contributed by atoms with van der Waals surface area (Å²) < 4.78 is 45.1. The summed E-state index contributed by atoms with van der Waals surface area (Å²) in [6.45, 7) is 2.37. The molecule has 0 atom stereocenters. The SMILES string of the molecule is COc1ccc(CN(C)c2cc3ncc(-c4cc(NC(=S)NCc5ncccc5C(F)(F)F)cnc4C)cc3cn2)cc1. The molecule has 4 aromatic heterocycles. The van der Waals surface area contributed by atoms with E-state index in [9.17, 15) is 13.2 Å². The first-order valence-electron chi connectivity index (χ1n) is 13.2. The van der Waals surface area contributed by atoms with E-state index in [1.807, 2.05) is 56.4 Å². The number of ether oxygens (including phenoxy) is 1. The fourth-order valence-electron chi connectivity index (χ4n) is 4.52. The third kappa shape index (κ3) is 7.15. The summed E-state index contributed by atoms with van der Waals surface area (Å²) in [5, 5.41) is 6.79. The van der Waals surface area contributed by atoms with Crippen LogP contribution in [0, 0.1) is 6.92 Å². The molecular weight excluding hydrogens is 575 g/mol. The molecule has 0 aliphatic rings. The zero-order valence-electron chi connectivity index (χ0n) is 23.6. The molecule has 0 fully saturated rings. The van der Waals surface area contributed by atoms with Gasteiger partial charge in [0.25, 0.3) is 0 Å². The number of fused-ring (bicyclic) bond motifs is 1. The highest BCUT2D eigenvalue weighted by Gasteiger charge is 2.33. The Morgan fingerprint density at radius 1 is 0.977 bits per heavy atom. The number of anilines is 2. The molecule has 220 valence electrons. The number of hydrogen-bond acceptors (Lipinski definition) is 7. The van der Waals surface area contributed by atoms with Gasteiger partial charge in [0.2, 0.25) is 0 Å². The fourth-order valence-corrected chi connectivity index (χ4v) is 4.71. The number of hydrogen-bond donors (Lipinski definition) is 2. The molecule has 0 saturated heterocycles. The Balaban J connectivity index is 1.28. The van der Waals surface area contributed by atoms with E-state index in [1.165, 1.54) is 12.3 Å². The van der Waals surface area contributed by atoms with Crippen molar-refractivity contribution in [2.45, 2.75) is 26.2 Å². The maximum atomic E-state index is 13.3. The van der Waals surface area contributed by atoms with Gasteiger partial charge in [-0.2, -0.15) is 13.2 Å². The lowest BCUT2D eigenvalue weighted by Gasteiger charge is -2.19. The molecule has 8 nitrogen and oxygen atoms in total. The summed E-state index contributed by atoms with van der Waals surface area (Å²) in [5.74, 6) is 1.60. The van der Waals surface area contributed by atoms with E-state index in [2.05, 4.69) is 35.5 Å². The summed E-state index contributed by atoms with van der Waals surface area (Å²) in [6, 6.07) is 16.0. The lowest BCUT2D eigenvalue weighted by Crippen LogP contribution is -2.29. The van der Waals surface area contributed by atoms with Crippen molar-refractivity contribution in [3.63, 3.8) is 0 Å². The van der Waals surface area contributed by atoms with Crippen molar-refractivity contribution < 1.29 is 17.9 Å². The van der Waals surface area contributed by atoms with Crippen molar-refractivity contribution in [2.75, 3.05) is 24.4 Å². The maximum absolute atomic E-state index is 13.3. The van der Waals surface area contributed by atoms with Crippen LogP contribution in [0.1, 0.15) is 22.5 Å². The van der Waals surface area contributed by atoms with Gasteiger partial charge in [0.1, 0.15) is 11.6 Å². The van der Waals surface area contributed by atoms with Crippen LogP contribution in [0.3, 0.4) is 0 Å². The maximum Gasteiger partial charge on any atom is 0.418 e. The monoisotopic (exact) mass is 603 g/mol. The minimum Gasteiger partial charge on any atom is -0.497 e. The van der Waals surface area contributed by atoms with Crippen molar-refractivity contribution in [1.82, 2.24) is 25.3 Å². The van der Waals surface area contributed by atoms with Crippen molar-refractivity contribution >= 4 is 39.7 Å². The minimum atomic E-state index is -4.51. The minimum absolute atomic E-state index is 0.141. The Hall–Kier alpha value is -4.84. The molecule has 5 aromatic rings. The van der Waals surface area contributed by atoms with E-state index in [0.717, 1.165) is 50.9 Å². The van der Waals surface area contributed by atoms with Crippen molar-refractivity contribution in [3.8, 4) is 16.9 Å². The number of methoxy groups -OCH3 is 1. The van der Waals surface area contributed by atoms with E-state index in [0.29, 0.717) is 12.2 Å². The number of aromatic nitrogens is 4. The van der Waals surface area contributed by atoms with Gasteiger partial charge in [0, 0.05) is 60.5 Å². The number of nitrogens with zero attached hydrogens (tertiary/aromatic N) is 5. The molecule has 5 rings (SSSR count). The molecule has 0 saturated carbocycles. The first kappa shape index (κ1) is 29.6. The number of thiocarbonyl (C=S) groups is 1. The van der Waals surface area contributed by atoms with Gasteiger partial charge < -0.3 is 20.3 Å². The Labute approximate surface area is 252 Å². The normalized spacial score (nSPS) is 11.3. The van der Waals surface area contributed by atoms with Gasteiger partial charge in [-0.3, -0.25) is 15.0 Å². The van der Waals surface area contributed by atoms with Crippen LogP contribution < -0.4 is 20.3 Å². The standard InChI is InChI=1S/C31H28F3N7OS/c1-19-25(12-23(16-36-19)40-30(43)39-17-28-26(31(32,33)34)5-4-10-35-28)21-11-22-15-38-29(13-27(22)37-14-21)41(2)18-20-6-8-24(42-3)9-7-20/h4-16H,17-18H2,1-3H3,(H2,39,40,43). The lowest BCUT2D eigenvalue weighted by atomic mass is 10.0. The smallest absolute Gasteiger partial charge is 0.418 e. The molecule has 0 radical (unpaired) electrons. The first-order chi connectivity index (χ1) is 20.6. The summed E-state index contributed by atoms with van der Waals surface area (Å²) in [6.07, 6.45) is 1.99. The van der Waals surface area contributed by atoms with Crippen LogP contribution in [0.2, 0.25) is 0 Å². The molecule has 43 heavy (non-hydrogen) atoms. The average molecular weight is 604 g/mol. The highest BCUT2D eigenvalue weighted by atomic mass is 32.1. The summed E-state index contributed by atoms with van der Waals surface area (Å²) >= 11 is 5.32. The Bertz CT molecular complexity index is 1760. The molecule has 0 amide bonds. The third-order valence-corrected chi connectivity index (χ3v) is 7.04. The largest absolute Gasteiger partial charge is 0.497 e. The highest BCUT2D eigenvalue weighted by Crippen LogP contribution is 2.31. The van der Waals surface area contributed by atoms with Crippen LogP contribution in [-0.2, 0) is 19.3 Å². The predicted octanol–water partition coefficient (Wildman–Crippen LogP) is 6.55. The second-order valence-electron chi connectivity index (χ2n) is 9.82. The molecule has 0 spiro atoms. The number of rotatable bonds is 8. The van der Waals surface area contributed by atoms with E-state index in [4.69, 9.17) is 17.0 Å². The number of nitrogens with one attached hydrogen (secondary N) is 2. The molecule has 0 aliphatic heterocycles. The van der Waals surface area contributed by atoms with Gasteiger partial charge in [0.15, 0.2) is 5.11 Å². The molecular formula is C31H28F3N7OS. The highest BCUT2D eigenvalue weighted by molar-refractivity contribution is 7.80. The Kier molecular flexibility index (Phi) is 8.67. The first-order valence-corrected chi connectivity index (χ1v) is 13.6. The van der Waals surface area contributed by atoms with Crippen molar-refractivity contribution in [3.05, 3.63) is 102 Å². The van der Waals surface area contributed by atoms with Crippen LogP contribution in [-0.4, -0.2) is 39.2 Å². The van der Waals surface area contributed by atoms with E-state index in [1.54, 1.807) is 25.7 Å². The number of pyridine rings is 4. The summed E-state index contributed by atoms with van der Waals surface area (Å²) in [7, 11) is 3.62. The zero-order chi connectivity index (χ0) is 30.6. The van der Waals surface area contributed by atoms with Crippen LogP contribution in [0.15, 0.2) is 79.4 Å². The lowest BCUT2D eigenvalue weighted by molar-refractivity contribution is -0.138. The number of benzene rings is 1. The van der Waals surface area contributed by atoms with Gasteiger partial charge in [0.05, 0.1) is 42.3 Å². The van der Waals surface area contributed by atoms with E-state index >= 15 is 0 Å². The second kappa shape index (κ2) is 12.6. The zero-order valence-corrected chi connectivity index (χ0v) is 24.4. The van der Waals surface area contributed by atoms with Crippen molar-refractivity contribution in [1.29, 1.82) is 0 Å². The Morgan fingerprint density at radius 3 is 2.51 bits per heavy atom. The summed E-state index contributed by atoms with van der Waals surface area (Å²) in [4.78, 5) is 19.7. The van der Waals surface area contributed by atoms with Gasteiger partial charge in [-0.05, 0) is 61.1 Å². The number of aryl methyl sites for hydroxylation is 1. The van der Waals surface area contributed by atoms with Gasteiger partial charge in [-0.15, -0.1) is 0 Å². The molecule has 0 bridgehead atoms. The topological polar surface area (TPSA) is 88.1 Å². The van der Waals surface area contributed by atoms with Gasteiger partial charge >= 0.3 is 6.18 Å². The van der Waals surface area contributed by atoms with Crippen LogP contribution in [0.5, 0.6) is 5.75 Å². The predicted molar refractivity (Wildman–Crippen MR) is 165 cm³/mol. The fraction of sp³-hybridized carbons (Fsp3) is 0.194. The van der Waals surface area contributed by atoms with E-state index in [-0.39, 0.29) is 17.4 Å². The summed E-state index contributed by atoms with van der Waals surface area (Å²) in [5.41, 5.74) is 3.99. The molecule has 1 aromatic carbocycles. The van der Waals surface area contributed by atoms with Crippen molar-refractivity contribution in [2.24, 2.45) is 0 Å². The van der Waals surface area contributed by atoms with Crippen LogP contribution in [0.25, 0.3) is 22.0 Å². The Morgan fingerprint density at radius 2 is 1.77 bits per heavy atom. The second-order valence-corrected chi connectivity index (χ2v) is 10.2. The average Bonchev–Trinajstić information content (AvgIpc) is 3.00. The molecule has 12 heteroatoms. The van der Waals surface area contributed by atoms with E-state index < -0.39 is 11.7 Å². The van der Waals surface area contributed by atoms with Crippen LogP contribution in [0.4, 0.5) is 24.7 Å². The molecule has 2 N–H and O–H groups in total. The van der Waals surface area contributed by atoms with Gasteiger partial charge in [-0.25, -0.2) is 4.98 Å². The quantitative estimate of drug-likeness (QED) is 0.192. The van der Waals surface area contributed by atoms with Gasteiger partial charge in [-0.1, -0.05) is 12.1 Å². The molecule has 0 aliphatic carbocycles.